The Labute approximate surface area is 96.2 Å². The molecule has 0 unspecified atom stereocenters. The van der Waals surface area contributed by atoms with E-state index in [4.69, 9.17) is 0 Å². The quantitative estimate of drug-likeness (QED) is 0.814. The van der Waals surface area contributed by atoms with E-state index in [0.717, 1.165) is 30.6 Å². The number of anilines is 1. The van der Waals surface area contributed by atoms with Crippen molar-refractivity contribution in [2.75, 3.05) is 11.9 Å². The minimum Gasteiger partial charge on any atom is -0.385 e. The van der Waals surface area contributed by atoms with E-state index in [1.807, 2.05) is 31.2 Å². The van der Waals surface area contributed by atoms with E-state index >= 15 is 0 Å². The average Bonchev–Trinajstić information content (AvgIpc) is 2.97. The second-order valence-corrected chi connectivity index (χ2v) is 4.59. The van der Waals surface area contributed by atoms with Crippen molar-refractivity contribution >= 4 is 11.6 Å². The Morgan fingerprint density at radius 1 is 1.38 bits per heavy atom. The van der Waals surface area contributed by atoms with Crippen molar-refractivity contribution in [2.45, 2.75) is 32.2 Å². The minimum absolute atomic E-state index is 0.0246. The molecule has 1 saturated carbocycles. The van der Waals surface area contributed by atoms with Crippen LogP contribution in [0.15, 0.2) is 24.3 Å². The molecular weight excluding hydrogens is 200 g/mol. The summed E-state index contributed by atoms with van der Waals surface area (Å²) in [7, 11) is 0. The molecular formula is C13H18N2O. The smallest absolute Gasteiger partial charge is 0.253 e. The predicted octanol–water partition coefficient (Wildman–Crippen LogP) is 2.40. The average molecular weight is 218 g/mol. The standard InChI is InChI=1S/C13H18N2O/c1-3-14-11-7-5-4-6-10(11)12(16)15-13(2)8-9-13/h4-7,14H,3,8-9H2,1-2H3,(H,15,16). The summed E-state index contributed by atoms with van der Waals surface area (Å²) in [4.78, 5) is 12.0. The van der Waals surface area contributed by atoms with E-state index in [9.17, 15) is 4.79 Å². The van der Waals surface area contributed by atoms with Crippen LogP contribution in [-0.4, -0.2) is 18.0 Å². The van der Waals surface area contributed by atoms with Gasteiger partial charge < -0.3 is 10.6 Å². The molecule has 0 saturated heterocycles. The number of carbonyl (C=O) groups is 1. The third-order valence-corrected chi connectivity index (χ3v) is 2.95. The predicted molar refractivity (Wildman–Crippen MR) is 65.7 cm³/mol. The van der Waals surface area contributed by atoms with Crippen molar-refractivity contribution in [2.24, 2.45) is 0 Å². The molecule has 3 nitrogen and oxygen atoms in total. The highest BCUT2D eigenvalue weighted by atomic mass is 16.1. The number of hydrogen-bond acceptors (Lipinski definition) is 2. The summed E-state index contributed by atoms with van der Waals surface area (Å²) in [6, 6.07) is 7.63. The molecule has 1 aromatic carbocycles. The summed E-state index contributed by atoms with van der Waals surface area (Å²) in [5, 5.41) is 6.27. The first-order valence-electron chi connectivity index (χ1n) is 5.80. The molecule has 0 bridgehead atoms. The Morgan fingerprint density at radius 3 is 2.69 bits per heavy atom. The van der Waals surface area contributed by atoms with Gasteiger partial charge in [0.15, 0.2) is 0 Å². The zero-order valence-corrected chi connectivity index (χ0v) is 9.84. The lowest BCUT2D eigenvalue weighted by Gasteiger charge is -2.14. The molecule has 1 aliphatic carbocycles. The van der Waals surface area contributed by atoms with Crippen LogP contribution in [0.4, 0.5) is 5.69 Å². The lowest BCUT2D eigenvalue weighted by molar-refractivity contribution is 0.0936. The lowest BCUT2D eigenvalue weighted by Crippen LogP contribution is -2.34. The maximum atomic E-state index is 12.0. The third kappa shape index (κ3) is 2.35. The van der Waals surface area contributed by atoms with Crippen molar-refractivity contribution in [1.29, 1.82) is 0 Å². The van der Waals surface area contributed by atoms with E-state index in [2.05, 4.69) is 17.6 Å². The highest BCUT2D eigenvalue weighted by molar-refractivity contribution is 6.00. The van der Waals surface area contributed by atoms with Gasteiger partial charge in [-0.15, -0.1) is 0 Å². The Morgan fingerprint density at radius 2 is 2.06 bits per heavy atom. The van der Waals surface area contributed by atoms with Gasteiger partial charge in [-0.2, -0.15) is 0 Å². The number of rotatable bonds is 4. The van der Waals surface area contributed by atoms with Gasteiger partial charge in [0.05, 0.1) is 5.56 Å². The van der Waals surface area contributed by atoms with Gasteiger partial charge in [0.1, 0.15) is 0 Å². The van der Waals surface area contributed by atoms with Crippen molar-refractivity contribution < 1.29 is 4.79 Å². The van der Waals surface area contributed by atoms with Gasteiger partial charge in [0.25, 0.3) is 5.91 Å². The van der Waals surface area contributed by atoms with Crippen LogP contribution in [0.3, 0.4) is 0 Å². The molecule has 2 N–H and O–H groups in total. The molecule has 0 heterocycles. The first-order chi connectivity index (χ1) is 7.64. The monoisotopic (exact) mass is 218 g/mol. The van der Waals surface area contributed by atoms with Crippen LogP contribution in [0.1, 0.15) is 37.0 Å². The van der Waals surface area contributed by atoms with Gasteiger partial charge in [-0.05, 0) is 38.8 Å². The normalized spacial score (nSPS) is 16.6. The van der Waals surface area contributed by atoms with Crippen LogP contribution < -0.4 is 10.6 Å². The fourth-order valence-electron chi connectivity index (χ4n) is 1.68. The number of benzene rings is 1. The van der Waals surface area contributed by atoms with E-state index < -0.39 is 0 Å². The molecule has 3 heteroatoms. The third-order valence-electron chi connectivity index (χ3n) is 2.95. The molecule has 0 radical (unpaired) electrons. The van der Waals surface area contributed by atoms with Crippen molar-refractivity contribution in [3.8, 4) is 0 Å². The number of para-hydroxylation sites is 1. The van der Waals surface area contributed by atoms with E-state index in [-0.39, 0.29) is 11.4 Å². The molecule has 1 fully saturated rings. The number of nitrogens with one attached hydrogen (secondary N) is 2. The summed E-state index contributed by atoms with van der Waals surface area (Å²) in [5.74, 6) is 0.0246. The molecule has 16 heavy (non-hydrogen) atoms. The molecule has 0 aromatic heterocycles. The van der Waals surface area contributed by atoms with Crippen molar-refractivity contribution in [3.05, 3.63) is 29.8 Å². The van der Waals surface area contributed by atoms with Gasteiger partial charge in [0, 0.05) is 17.8 Å². The van der Waals surface area contributed by atoms with Crippen molar-refractivity contribution in [3.63, 3.8) is 0 Å². The molecule has 1 aliphatic rings. The summed E-state index contributed by atoms with van der Waals surface area (Å²) in [6.07, 6.45) is 2.17. The molecule has 0 aliphatic heterocycles. The van der Waals surface area contributed by atoms with E-state index in [0.29, 0.717) is 0 Å². The largest absolute Gasteiger partial charge is 0.385 e. The Hall–Kier alpha value is -1.51. The molecule has 0 atom stereocenters. The molecule has 2 rings (SSSR count). The number of amides is 1. The fraction of sp³-hybridized carbons (Fsp3) is 0.462. The second kappa shape index (κ2) is 4.16. The van der Waals surface area contributed by atoms with Crippen LogP contribution >= 0.6 is 0 Å². The fourth-order valence-corrected chi connectivity index (χ4v) is 1.68. The molecule has 0 spiro atoms. The van der Waals surface area contributed by atoms with Crippen LogP contribution in [0, 0.1) is 0 Å². The van der Waals surface area contributed by atoms with Gasteiger partial charge in [0.2, 0.25) is 0 Å². The summed E-state index contributed by atoms with van der Waals surface area (Å²) in [5.41, 5.74) is 1.68. The highest BCUT2D eigenvalue weighted by Gasteiger charge is 2.39. The Balaban J connectivity index is 2.15. The maximum Gasteiger partial charge on any atom is 0.253 e. The van der Waals surface area contributed by atoms with Gasteiger partial charge in [-0.1, -0.05) is 12.1 Å². The maximum absolute atomic E-state index is 12.0. The van der Waals surface area contributed by atoms with Gasteiger partial charge in [-0.25, -0.2) is 0 Å². The highest BCUT2D eigenvalue weighted by Crippen LogP contribution is 2.34. The summed E-state index contributed by atoms with van der Waals surface area (Å²) >= 11 is 0. The van der Waals surface area contributed by atoms with Crippen LogP contribution in [0.5, 0.6) is 0 Å². The molecule has 86 valence electrons. The van der Waals surface area contributed by atoms with Crippen LogP contribution in [-0.2, 0) is 0 Å². The topological polar surface area (TPSA) is 41.1 Å². The first kappa shape index (κ1) is 11.0. The van der Waals surface area contributed by atoms with Gasteiger partial charge >= 0.3 is 0 Å². The number of carbonyl (C=O) groups excluding carboxylic acids is 1. The lowest BCUT2D eigenvalue weighted by atomic mass is 10.1. The molecule has 1 aromatic rings. The van der Waals surface area contributed by atoms with E-state index in [1.54, 1.807) is 0 Å². The van der Waals surface area contributed by atoms with Crippen LogP contribution in [0.2, 0.25) is 0 Å². The van der Waals surface area contributed by atoms with Gasteiger partial charge in [-0.3, -0.25) is 4.79 Å². The molecule has 1 amide bonds. The Kier molecular flexibility index (Phi) is 2.86. The summed E-state index contributed by atoms with van der Waals surface area (Å²) < 4.78 is 0. The van der Waals surface area contributed by atoms with Crippen LogP contribution in [0.25, 0.3) is 0 Å². The Bertz CT molecular complexity index is 397. The SMILES string of the molecule is CCNc1ccccc1C(=O)NC1(C)CC1. The second-order valence-electron chi connectivity index (χ2n) is 4.59. The zero-order chi connectivity index (χ0) is 11.6. The zero-order valence-electron chi connectivity index (χ0n) is 9.84. The minimum atomic E-state index is 0.0246. The number of hydrogen-bond donors (Lipinski definition) is 2. The van der Waals surface area contributed by atoms with Crippen molar-refractivity contribution in [1.82, 2.24) is 5.32 Å². The first-order valence-corrected chi connectivity index (χ1v) is 5.80. The van der Waals surface area contributed by atoms with E-state index in [1.165, 1.54) is 0 Å². The summed E-state index contributed by atoms with van der Waals surface area (Å²) in [6.45, 7) is 4.93.